The van der Waals surface area contributed by atoms with E-state index < -0.39 is 10.0 Å². The lowest BCUT2D eigenvalue weighted by atomic mass is 10.1. The van der Waals surface area contributed by atoms with E-state index in [1.807, 2.05) is 21.0 Å². The molecule has 3 heterocycles. The number of thiophene rings is 1. The average Bonchev–Trinajstić information content (AvgIpc) is 3.08. The molecule has 1 N–H and O–H groups in total. The molecule has 0 amide bonds. The average molecular weight is 397 g/mol. The van der Waals surface area contributed by atoms with Gasteiger partial charge < -0.3 is 9.80 Å². The molecule has 1 aliphatic rings. The van der Waals surface area contributed by atoms with Crippen LogP contribution in [0.3, 0.4) is 0 Å². The van der Waals surface area contributed by atoms with Gasteiger partial charge in [-0.3, -0.25) is 0 Å². The van der Waals surface area contributed by atoms with Crippen LogP contribution >= 0.6 is 11.3 Å². The zero-order valence-corrected chi connectivity index (χ0v) is 16.9. The monoisotopic (exact) mass is 396 g/mol. The highest BCUT2D eigenvalue weighted by molar-refractivity contribution is 7.91. The summed E-state index contributed by atoms with van der Waals surface area (Å²) in [6, 6.07) is 3.40. The maximum Gasteiger partial charge on any atom is 0.250 e. The predicted molar refractivity (Wildman–Crippen MR) is 103 cm³/mol. The van der Waals surface area contributed by atoms with E-state index >= 15 is 0 Å². The molecule has 1 saturated heterocycles. The minimum atomic E-state index is -3.57. The van der Waals surface area contributed by atoms with Gasteiger partial charge in [-0.05, 0) is 38.3 Å². The first kappa shape index (κ1) is 19.0. The van der Waals surface area contributed by atoms with Crippen molar-refractivity contribution in [1.29, 1.82) is 0 Å². The minimum absolute atomic E-state index is 0.0312. The molecule has 0 radical (unpaired) electrons. The predicted octanol–water partition coefficient (Wildman–Crippen LogP) is 1.78. The maximum absolute atomic E-state index is 12.4. The quantitative estimate of drug-likeness (QED) is 0.796. The largest absolute Gasteiger partial charge is 0.347 e. The number of aryl methyl sites for hydroxylation is 1. The minimum Gasteiger partial charge on any atom is -0.347 e. The SMILES string of the molecule is Cc1ccc(S(=O)(=O)NCc2nc(N(C)C)nc(N3CCCCC3)n2)s1. The summed E-state index contributed by atoms with van der Waals surface area (Å²) in [6.45, 7) is 3.74. The molecule has 0 bridgehead atoms. The van der Waals surface area contributed by atoms with Crippen molar-refractivity contribution in [2.75, 3.05) is 37.0 Å². The molecule has 10 heteroatoms. The van der Waals surface area contributed by atoms with E-state index in [1.165, 1.54) is 17.8 Å². The van der Waals surface area contributed by atoms with E-state index in [1.54, 1.807) is 17.0 Å². The lowest BCUT2D eigenvalue weighted by Crippen LogP contribution is -2.32. The topological polar surface area (TPSA) is 91.3 Å². The maximum atomic E-state index is 12.4. The number of hydrogen-bond donors (Lipinski definition) is 1. The Bertz CT molecular complexity index is 859. The molecule has 3 rings (SSSR count). The first-order chi connectivity index (χ1) is 12.3. The molecular weight excluding hydrogens is 372 g/mol. The van der Waals surface area contributed by atoms with E-state index in [4.69, 9.17) is 0 Å². The highest BCUT2D eigenvalue weighted by atomic mass is 32.2. The van der Waals surface area contributed by atoms with Gasteiger partial charge in [0.1, 0.15) is 4.21 Å². The van der Waals surface area contributed by atoms with Crippen LogP contribution in [0.4, 0.5) is 11.9 Å². The number of piperidine rings is 1. The molecule has 0 atom stereocenters. The molecule has 2 aromatic rings. The summed E-state index contributed by atoms with van der Waals surface area (Å²) in [5, 5.41) is 0. The van der Waals surface area contributed by atoms with Gasteiger partial charge in [0.05, 0.1) is 6.54 Å². The van der Waals surface area contributed by atoms with Crippen molar-refractivity contribution >= 4 is 33.3 Å². The summed E-state index contributed by atoms with van der Waals surface area (Å²) in [7, 11) is 0.150. The van der Waals surface area contributed by atoms with Gasteiger partial charge in [-0.1, -0.05) is 0 Å². The van der Waals surface area contributed by atoms with E-state index in [-0.39, 0.29) is 6.54 Å². The van der Waals surface area contributed by atoms with Crippen molar-refractivity contribution in [3.8, 4) is 0 Å². The summed E-state index contributed by atoms with van der Waals surface area (Å²) in [4.78, 5) is 18.3. The second-order valence-electron chi connectivity index (χ2n) is 6.48. The van der Waals surface area contributed by atoms with Gasteiger partial charge in [-0.2, -0.15) is 15.0 Å². The summed E-state index contributed by atoms with van der Waals surface area (Å²) >= 11 is 1.24. The Labute approximate surface area is 158 Å². The van der Waals surface area contributed by atoms with Gasteiger partial charge in [0.2, 0.25) is 21.9 Å². The molecule has 0 aliphatic carbocycles. The number of aromatic nitrogens is 3. The second-order valence-corrected chi connectivity index (χ2v) is 9.77. The molecule has 142 valence electrons. The van der Waals surface area contributed by atoms with Crippen LogP contribution < -0.4 is 14.5 Å². The number of rotatable bonds is 6. The fraction of sp³-hybridized carbons (Fsp3) is 0.562. The lowest BCUT2D eigenvalue weighted by Gasteiger charge is -2.27. The smallest absolute Gasteiger partial charge is 0.250 e. The summed E-state index contributed by atoms with van der Waals surface area (Å²) in [5.74, 6) is 1.56. The zero-order chi connectivity index (χ0) is 18.7. The third kappa shape index (κ3) is 4.49. The highest BCUT2D eigenvalue weighted by Gasteiger charge is 2.20. The molecule has 0 unspecified atom stereocenters. The number of sulfonamides is 1. The summed E-state index contributed by atoms with van der Waals surface area (Å²) in [5.41, 5.74) is 0. The van der Waals surface area contributed by atoms with Crippen molar-refractivity contribution in [3.05, 3.63) is 22.8 Å². The van der Waals surface area contributed by atoms with Crippen molar-refractivity contribution in [3.63, 3.8) is 0 Å². The number of anilines is 2. The normalized spacial score (nSPS) is 15.3. The van der Waals surface area contributed by atoms with E-state index in [0.29, 0.717) is 21.9 Å². The Morgan fingerprint density at radius 3 is 2.50 bits per heavy atom. The molecule has 26 heavy (non-hydrogen) atoms. The zero-order valence-electron chi connectivity index (χ0n) is 15.3. The number of hydrogen-bond acceptors (Lipinski definition) is 8. The van der Waals surface area contributed by atoms with Crippen LogP contribution in [0.1, 0.15) is 30.0 Å². The van der Waals surface area contributed by atoms with Crippen LogP contribution in [0.5, 0.6) is 0 Å². The van der Waals surface area contributed by atoms with Crippen molar-refractivity contribution in [2.24, 2.45) is 0 Å². The van der Waals surface area contributed by atoms with Crippen LogP contribution in [0.15, 0.2) is 16.3 Å². The molecule has 1 fully saturated rings. The summed E-state index contributed by atoms with van der Waals surface area (Å²) in [6.07, 6.45) is 3.44. The Kier molecular flexibility index (Phi) is 5.73. The number of nitrogens with one attached hydrogen (secondary N) is 1. The highest BCUT2D eigenvalue weighted by Crippen LogP contribution is 2.21. The first-order valence-electron chi connectivity index (χ1n) is 8.58. The standard InChI is InChI=1S/C16H24N6O2S2/c1-12-7-8-14(25-12)26(23,24)17-11-13-18-15(21(2)3)20-16(19-13)22-9-5-4-6-10-22/h7-8,17H,4-6,9-11H2,1-3H3. The third-order valence-corrected chi connectivity index (χ3v) is 6.99. The van der Waals surface area contributed by atoms with Gasteiger partial charge in [0.15, 0.2) is 5.82 Å². The Morgan fingerprint density at radius 1 is 1.15 bits per heavy atom. The van der Waals surface area contributed by atoms with Crippen molar-refractivity contribution in [2.45, 2.75) is 36.9 Å². The van der Waals surface area contributed by atoms with Crippen LogP contribution in [0, 0.1) is 6.92 Å². The molecule has 0 spiro atoms. The molecule has 0 aromatic carbocycles. The molecule has 8 nitrogen and oxygen atoms in total. The lowest BCUT2D eigenvalue weighted by molar-refractivity contribution is 0.563. The van der Waals surface area contributed by atoms with E-state index in [0.717, 1.165) is 30.8 Å². The fourth-order valence-corrected chi connectivity index (χ4v) is 5.00. The van der Waals surface area contributed by atoms with Gasteiger partial charge in [-0.25, -0.2) is 13.1 Å². The number of nitrogens with zero attached hydrogens (tertiary/aromatic N) is 5. The Hall–Kier alpha value is -1.78. The molecule has 1 aliphatic heterocycles. The van der Waals surface area contributed by atoms with Crippen LogP contribution in [0.2, 0.25) is 0 Å². The van der Waals surface area contributed by atoms with Gasteiger partial charge in [0, 0.05) is 32.1 Å². The second kappa shape index (κ2) is 7.85. The van der Waals surface area contributed by atoms with Gasteiger partial charge in [-0.15, -0.1) is 11.3 Å². The van der Waals surface area contributed by atoms with Crippen LogP contribution in [0.25, 0.3) is 0 Å². The van der Waals surface area contributed by atoms with E-state index in [9.17, 15) is 8.42 Å². The fourth-order valence-electron chi connectivity index (χ4n) is 2.70. The summed E-state index contributed by atoms with van der Waals surface area (Å²) < 4.78 is 27.8. The first-order valence-corrected chi connectivity index (χ1v) is 10.9. The third-order valence-electron chi connectivity index (χ3n) is 4.10. The van der Waals surface area contributed by atoms with Gasteiger partial charge in [0.25, 0.3) is 0 Å². The molecular formula is C16H24N6O2S2. The Balaban J connectivity index is 1.81. The van der Waals surface area contributed by atoms with Crippen molar-refractivity contribution < 1.29 is 8.42 Å². The van der Waals surface area contributed by atoms with Crippen molar-refractivity contribution in [1.82, 2.24) is 19.7 Å². The van der Waals surface area contributed by atoms with Gasteiger partial charge >= 0.3 is 0 Å². The van der Waals surface area contributed by atoms with Crippen LogP contribution in [-0.2, 0) is 16.6 Å². The Morgan fingerprint density at radius 2 is 1.88 bits per heavy atom. The van der Waals surface area contributed by atoms with Crippen LogP contribution in [-0.4, -0.2) is 50.6 Å². The molecule has 2 aromatic heterocycles. The van der Waals surface area contributed by atoms with E-state index in [2.05, 4.69) is 24.6 Å². The molecule has 0 saturated carbocycles.